The Bertz CT molecular complexity index is 1290. The van der Waals surface area contributed by atoms with Gasteiger partial charge in [-0.25, -0.2) is 9.59 Å². The predicted octanol–water partition coefficient (Wildman–Crippen LogP) is 4.99. The molecule has 10 heteroatoms. The number of carbonyl (C=O) groups excluding carboxylic acids is 3. The van der Waals surface area contributed by atoms with Crippen molar-refractivity contribution in [3.63, 3.8) is 0 Å². The van der Waals surface area contributed by atoms with Gasteiger partial charge >= 0.3 is 12.1 Å². The molecule has 2 aliphatic rings. The second kappa shape index (κ2) is 9.59. The van der Waals surface area contributed by atoms with Crippen LogP contribution in [0, 0.1) is 0 Å². The molecule has 1 atom stereocenters. The average molecular weight is 512 g/mol. The van der Waals surface area contributed by atoms with Gasteiger partial charge in [0.25, 0.3) is 5.91 Å². The standard InChI is InChI=1S/C25H22ClN3O5S/c1-2-33-25(32)29-12-11-18-19(13-29)35-23-20(18)22(30)27-21(28-23)14-5-9-17(10-6-14)34-24(31)15-3-7-16(26)8-4-15/h3-10,21,28H,2,11-13H2,1H3,(H,27,30). The minimum Gasteiger partial charge on any atom is -0.450 e. The lowest BCUT2D eigenvalue weighted by Crippen LogP contribution is -2.39. The zero-order valence-corrected chi connectivity index (χ0v) is 20.4. The number of nitrogens with zero attached hydrogens (tertiary/aromatic N) is 1. The van der Waals surface area contributed by atoms with Crippen LogP contribution in [0.1, 0.15) is 49.8 Å². The van der Waals surface area contributed by atoms with Crippen LogP contribution < -0.4 is 15.4 Å². The minimum atomic E-state index is -0.482. The van der Waals surface area contributed by atoms with Crippen LogP contribution in [0.15, 0.2) is 48.5 Å². The molecule has 0 saturated heterocycles. The summed E-state index contributed by atoms with van der Waals surface area (Å²) in [5.74, 6) is -0.240. The van der Waals surface area contributed by atoms with Gasteiger partial charge < -0.3 is 25.0 Å². The van der Waals surface area contributed by atoms with Crippen molar-refractivity contribution in [2.24, 2.45) is 0 Å². The highest BCUT2D eigenvalue weighted by molar-refractivity contribution is 7.16. The summed E-state index contributed by atoms with van der Waals surface area (Å²) in [6.45, 7) is 3.05. The molecule has 1 unspecified atom stereocenters. The molecule has 180 valence electrons. The SMILES string of the molecule is CCOC(=O)N1CCc2c(sc3c2C(=O)NC(c2ccc(OC(=O)c4ccc(Cl)cc4)cc2)N3)C1. The second-order valence-corrected chi connectivity index (χ2v) is 9.64. The van der Waals surface area contributed by atoms with E-state index in [1.807, 2.05) is 0 Å². The number of fused-ring (bicyclic) bond motifs is 3. The Morgan fingerprint density at radius 3 is 2.57 bits per heavy atom. The monoisotopic (exact) mass is 511 g/mol. The molecular weight excluding hydrogens is 490 g/mol. The number of ether oxygens (including phenoxy) is 2. The van der Waals surface area contributed by atoms with Gasteiger partial charge in [0.1, 0.15) is 16.9 Å². The molecule has 2 aromatic carbocycles. The van der Waals surface area contributed by atoms with E-state index in [2.05, 4.69) is 10.6 Å². The number of rotatable bonds is 4. The van der Waals surface area contributed by atoms with Crippen molar-refractivity contribution < 1.29 is 23.9 Å². The Hall–Kier alpha value is -3.56. The van der Waals surface area contributed by atoms with Crippen molar-refractivity contribution in [2.75, 3.05) is 18.5 Å². The Kier molecular flexibility index (Phi) is 6.36. The lowest BCUT2D eigenvalue weighted by atomic mass is 10.0. The van der Waals surface area contributed by atoms with Gasteiger partial charge in [0.15, 0.2) is 0 Å². The first-order chi connectivity index (χ1) is 16.9. The van der Waals surface area contributed by atoms with Crippen LogP contribution in [-0.2, 0) is 17.7 Å². The van der Waals surface area contributed by atoms with E-state index >= 15 is 0 Å². The first kappa shape index (κ1) is 23.2. The van der Waals surface area contributed by atoms with E-state index in [-0.39, 0.29) is 12.0 Å². The maximum absolute atomic E-state index is 13.0. The zero-order chi connectivity index (χ0) is 24.5. The molecule has 1 aromatic heterocycles. The van der Waals surface area contributed by atoms with Crippen molar-refractivity contribution in [3.8, 4) is 5.75 Å². The van der Waals surface area contributed by atoms with Gasteiger partial charge in [-0.3, -0.25) is 4.79 Å². The number of carbonyl (C=O) groups is 3. The van der Waals surface area contributed by atoms with Gasteiger partial charge in [-0.15, -0.1) is 11.3 Å². The molecule has 2 N–H and O–H groups in total. The summed E-state index contributed by atoms with van der Waals surface area (Å²) >= 11 is 7.35. The first-order valence-electron chi connectivity index (χ1n) is 11.1. The molecule has 3 heterocycles. The molecule has 2 amide bonds. The summed E-state index contributed by atoms with van der Waals surface area (Å²) in [6, 6.07) is 13.4. The maximum Gasteiger partial charge on any atom is 0.410 e. The van der Waals surface area contributed by atoms with Gasteiger partial charge in [0.2, 0.25) is 0 Å². The number of esters is 1. The molecule has 2 aliphatic heterocycles. The number of anilines is 1. The molecule has 0 fully saturated rings. The molecule has 5 rings (SSSR count). The van der Waals surface area contributed by atoms with Gasteiger partial charge in [-0.05, 0) is 60.9 Å². The minimum absolute atomic E-state index is 0.149. The molecular formula is C25H22ClN3O5S. The Morgan fingerprint density at radius 2 is 1.86 bits per heavy atom. The van der Waals surface area contributed by atoms with E-state index < -0.39 is 12.1 Å². The topological polar surface area (TPSA) is 97.0 Å². The molecule has 0 spiro atoms. The summed E-state index contributed by atoms with van der Waals surface area (Å²) in [4.78, 5) is 40.1. The van der Waals surface area contributed by atoms with E-state index in [0.29, 0.717) is 48.0 Å². The fraction of sp³-hybridized carbons (Fsp3) is 0.240. The van der Waals surface area contributed by atoms with E-state index in [1.165, 1.54) is 11.3 Å². The van der Waals surface area contributed by atoms with Gasteiger partial charge in [-0.2, -0.15) is 0 Å². The summed E-state index contributed by atoms with van der Waals surface area (Å²) in [6.07, 6.45) is -0.165. The fourth-order valence-electron chi connectivity index (χ4n) is 4.13. The molecule has 3 aromatic rings. The summed E-state index contributed by atoms with van der Waals surface area (Å²) in [5.41, 5.74) is 2.85. The molecule has 35 heavy (non-hydrogen) atoms. The maximum atomic E-state index is 13.0. The van der Waals surface area contributed by atoms with Crippen LogP contribution in [-0.4, -0.2) is 36.0 Å². The number of hydrogen-bond donors (Lipinski definition) is 2. The van der Waals surface area contributed by atoms with Crippen LogP contribution in [0.25, 0.3) is 0 Å². The third-order valence-corrected chi connectivity index (χ3v) is 7.26. The van der Waals surface area contributed by atoms with E-state index in [1.54, 1.807) is 60.4 Å². The number of nitrogens with one attached hydrogen (secondary N) is 2. The Labute approximate surface area is 210 Å². The summed E-state index contributed by atoms with van der Waals surface area (Å²) < 4.78 is 10.5. The number of hydrogen-bond acceptors (Lipinski definition) is 7. The highest BCUT2D eigenvalue weighted by Gasteiger charge is 2.34. The number of benzene rings is 2. The van der Waals surface area contributed by atoms with Crippen LogP contribution in [0.5, 0.6) is 5.75 Å². The van der Waals surface area contributed by atoms with Crippen LogP contribution in [0.4, 0.5) is 9.80 Å². The van der Waals surface area contributed by atoms with E-state index in [4.69, 9.17) is 21.1 Å². The normalized spacial score (nSPS) is 16.5. The smallest absolute Gasteiger partial charge is 0.410 e. The highest BCUT2D eigenvalue weighted by atomic mass is 35.5. The van der Waals surface area contributed by atoms with Crippen molar-refractivity contribution in [1.29, 1.82) is 0 Å². The summed E-state index contributed by atoms with van der Waals surface area (Å²) in [7, 11) is 0. The number of thiophene rings is 1. The third kappa shape index (κ3) is 4.69. The fourth-order valence-corrected chi connectivity index (χ4v) is 5.55. The lowest BCUT2D eigenvalue weighted by Gasteiger charge is -2.28. The zero-order valence-electron chi connectivity index (χ0n) is 18.8. The molecule has 0 radical (unpaired) electrons. The van der Waals surface area contributed by atoms with Gasteiger partial charge in [-0.1, -0.05) is 23.7 Å². The largest absolute Gasteiger partial charge is 0.450 e. The molecule has 0 saturated carbocycles. The molecule has 8 nitrogen and oxygen atoms in total. The molecule has 0 aliphatic carbocycles. The van der Waals surface area contributed by atoms with Crippen LogP contribution >= 0.6 is 22.9 Å². The lowest BCUT2D eigenvalue weighted by molar-refractivity contribution is 0.0734. The second-order valence-electron chi connectivity index (χ2n) is 8.09. The third-order valence-electron chi connectivity index (χ3n) is 5.86. The molecule has 0 bridgehead atoms. The van der Waals surface area contributed by atoms with E-state index in [0.717, 1.165) is 21.0 Å². The van der Waals surface area contributed by atoms with Crippen molar-refractivity contribution >= 4 is 45.9 Å². The summed E-state index contributed by atoms with van der Waals surface area (Å²) in [5, 5.41) is 7.72. The van der Waals surface area contributed by atoms with Crippen molar-refractivity contribution in [1.82, 2.24) is 10.2 Å². The number of amides is 2. The van der Waals surface area contributed by atoms with Crippen LogP contribution in [0.3, 0.4) is 0 Å². The Morgan fingerprint density at radius 1 is 1.11 bits per heavy atom. The van der Waals surface area contributed by atoms with Gasteiger partial charge in [0, 0.05) is 16.4 Å². The van der Waals surface area contributed by atoms with E-state index in [9.17, 15) is 14.4 Å². The average Bonchev–Trinajstić information content (AvgIpc) is 3.23. The highest BCUT2D eigenvalue weighted by Crippen LogP contribution is 2.41. The quantitative estimate of drug-likeness (QED) is 0.378. The van der Waals surface area contributed by atoms with Crippen molar-refractivity contribution in [3.05, 3.63) is 80.7 Å². The predicted molar refractivity (Wildman–Crippen MR) is 132 cm³/mol. The van der Waals surface area contributed by atoms with Gasteiger partial charge in [0.05, 0.1) is 24.3 Å². The number of halogens is 1. The first-order valence-corrected chi connectivity index (χ1v) is 12.3. The van der Waals surface area contributed by atoms with Crippen molar-refractivity contribution in [2.45, 2.75) is 26.1 Å². The van der Waals surface area contributed by atoms with Crippen LogP contribution in [0.2, 0.25) is 5.02 Å². The Balaban J connectivity index is 1.28.